The van der Waals surface area contributed by atoms with Gasteiger partial charge in [0.05, 0.1) is 23.3 Å². The molecule has 1 atom stereocenters. The van der Waals surface area contributed by atoms with E-state index in [-0.39, 0.29) is 17.0 Å². The summed E-state index contributed by atoms with van der Waals surface area (Å²) in [6.45, 7) is 2.02. The van der Waals surface area contributed by atoms with Crippen molar-refractivity contribution in [2.24, 2.45) is 5.92 Å². The van der Waals surface area contributed by atoms with Crippen LogP contribution in [0.3, 0.4) is 0 Å². The fraction of sp³-hybridized carbons (Fsp3) is 0.350. The highest BCUT2D eigenvalue weighted by Gasteiger charge is 2.33. The average molecular weight is 463 g/mol. The zero-order valence-corrected chi connectivity index (χ0v) is 18.7. The van der Waals surface area contributed by atoms with E-state index in [4.69, 9.17) is 4.74 Å². The number of sulfonamides is 1. The molecule has 1 saturated heterocycles. The maximum atomic E-state index is 13.0. The van der Waals surface area contributed by atoms with E-state index < -0.39 is 21.8 Å². The molecule has 1 N–H and O–H groups in total. The molecule has 164 valence electrons. The Hall–Kier alpha value is -2.76. The third kappa shape index (κ3) is 4.08. The summed E-state index contributed by atoms with van der Waals surface area (Å²) in [6, 6.07) is 7.82. The van der Waals surface area contributed by atoms with Crippen LogP contribution in [0, 0.1) is 12.8 Å². The molecule has 1 unspecified atom stereocenters. The summed E-state index contributed by atoms with van der Waals surface area (Å²) >= 11 is 1.36. The fourth-order valence-corrected chi connectivity index (χ4v) is 5.94. The van der Waals surface area contributed by atoms with Crippen molar-refractivity contribution < 1.29 is 17.9 Å². The standard InChI is InChI=1S/C20H22N4O5S2/c1-13-21-19-17(9-11-30-19)20(26)24(13)22-18(25)14-4-3-10-23(12-14)31(27,28)16-7-5-15(29-2)6-8-16/h5-9,11,14H,3-4,10,12H2,1-2H3,(H,22,25). The van der Waals surface area contributed by atoms with Gasteiger partial charge in [-0.25, -0.2) is 18.1 Å². The first-order valence-corrected chi connectivity index (χ1v) is 12.0. The van der Waals surface area contributed by atoms with Crippen LogP contribution in [0.4, 0.5) is 0 Å². The SMILES string of the molecule is COc1ccc(S(=O)(=O)N2CCCC(C(=O)Nn3c(C)nc4sccc4c3=O)C2)cc1. The number of hydrogen-bond donors (Lipinski definition) is 1. The molecule has 0 spiro atoms. The summed E-state index contributed by atoms with van der Waals surface area (Å²) in [6.07, 6.45) is 1.07. The normalized spacial score (nSPS) is 17.5. The molecule has 4 rings (SSSR count). The molecule has 31 heavy (non-hydrogen) atoms. The minimum absolute atomic E-state index is 0.0438. The number of benzene rings is 1. The van der Waals surface area contributed by atoms with Crippen molar-refractivity contribution in [3.63, 3.8) is 0 Å². The van der Waals surface area contributed by atoms with Crippen LogP contribution in [-0.2, 0) is 14.8 Å². The van der Waals surface area contributed by atoms with Crippen LogP contribution in [0.25, 0.3) is 10.2 Å². The molecule has 0 saturated carbocycles. The zero-order chi connectivity index (χ0) is 22.2. The molecule has 0 bridgehead atoms. The highest BCUT2D eigenvalue weighted by molar-refractivity contribution is 7.89. The minimum Gasteiger partial charge on any atom is -0.497 e. The molecule has 0 aliphatic carbocycles. The molecule has 1 amide bonds. The third-order valence-electron chi connectivity index (χ3n) is 5.34. The number of hydrogen-bond acceptors (Lipinski definition) is 7. The van der Waals surface area contributed by atoms with E-state index in [1.165, 1.54) is 34.9 Å². The number of thiophene rings is 1. The second-order valence-electron chi connectivity index (χ2n) is 7.29. The first kappa shape index (κ1) is 21.5. The monoisotopic (exact) mass is 462 g/mol. The Morgan fingerprint density at radius 2 is 2.00 bits per heavy atom. The lowest BCUT2D eigenvalue weighted by molar-refractivity contribution is -0.121. The van der Waals surface area contributed by atoms with Gasteiger partial charge in [0.1, 0.15) is 16.4 Å². The third-order valence-corrected chi connectivity index (χ3v) is 8.03. The smallest absolute Gasteiger partial charge is 0.281 e. The molecule has 1 aromatic carbocycles. The van der Waals surface area contributed by atoms with Crippen LogP contribution in [0.5, 0.6) is 5.75 Å². The summed E-state index contributed by atoms with van der Waals surface area (Å²) in [5.74, 6) is -0.0545. The van der Waals surface area contributed by atoms with Gasteiger partial charge in [0.2, 0.25) is 15.9 Å². The largest absolute Gasteiger partial charge is 0.497 e. The Morgan fingerprint density at radius 1 is 1.26 bits per heavy atom. The molecule has 11 heteroatoms. The lowest BCUT2D eigenvalue weighted by atomic mass is 9.99. The molecule has 0 radical (unpaired) electrons. The van der Waals surface area contributed by atoms with Gasteiger partial charge in [-0.05, 0) is 55.5 Å². The molecule has 1 aliphatic rings. The van der Waals surface area contributed by atoms with Crippen molar-refractivity contribution in [2.75, 3.05) is 25.6 Å². The van der Waals surface area contributed by atoms with E-state index in [9.17, 15) is 18.0 Å². The molecule has 1 fully saturated rings. The van der Waals surface area contributed by atoms with Gasteiger partial charge in [-0.15, -0.1) is 11.3 Å². The molecule has 9 nitrogen and oxygen atoms in total. The van der Waals surface area contributed by atoms with Crippen molar-refractivity contribution in [3.8, 4) is 5.75 Å². The van der Waals surface area contributed by atoms with Crippen LogP contribution in [0.15, 0.2) is 45.4 Å². The van der Waals surface area contributed by atoms with Crippen LogP contribution >= 0.6 is 11.3 Å². The number of methoxy groups -OCH3 is 1. The first-order chi connectivity index (χ1) is 14.8. The molecular formula is C20H22N4O5S2. The van der Waals surface area contributed by atoms with Gasteiger partial charge in [-0.1, -0.05) is 0 Å². The van der Waals surface area contributed by atoms with Crippen molar-refractivity contribution in [1.82, 2.24) is 14.0 Å². The number of fused-ring (bicyclic) bond motifs is 1. The number of ether oxygens (including phenoxy) is 1. The van der Waals surface area contributed by atoms with Gasteiger partial charge >= 0.3 is 0 Å². The van der Waals surface area contributed by atoms with Gasteiger partial charge in [0.15, 0.2) is 0 Å². The fourth-order valence-electron chi connectivity index (χ4n) is 3.62. The van der Waals surface area contributed by atoms with E-state index in [1.54, 1.807) is 30.5 Å². The maximum Gasteiger partial charge on any atom is 0.281 e. The van der Waals surface area contributed by atoms with Crippen molar-refractivity contribution in [2.45, 2.75) is 24.7 Å². The number of aromatic nitrogens is 2. The Morgan fingerprint density at radius 3 is 2.71 bits per heavy atom. The predicted molar refractivity (Wildman–Crippen MR) is 117 cm³/mol. The number of rotatable bonds is 5. The topological polar surface area (TPSA) is 111 Å². The summed E-state index contributed by atoms with van der Waals surface area (Å²) in [4.78, 5) is 30.7. The molecule has 3 aromatic rings. The number of piperidine rings is 1. The zero-order valence-electron chi connectivity index (χ0n) is 17.1. The van der Waals surface area contributed by atoms with Crippen molar-refractivity contribution >= 4 is 37.5 Å². The number of carbonyl (C=O) groups is 1. The Bertz CT molecular complexity index is 1280. The highest BCUT2D eigenvalue weighted by Crippen LogP contribution is 2.25. The number of amides is 1. The maximum absolute atomic E-state index is 13.0. The average Bonchev–Trinajstić information content (AvgIpc) is 3.25. The molecule has 2 aromatic heterocycles. The molecule has 3 heterocycles. The van der Waals surface area contributed by atoms with Crippen molar-refractivity contribution in [3.05, 3.63) is 51.9 Å². The van der Waals surface area contributed by atoms with Crippen molar-refractivity contribution in [1.29, 1.82) is 0 Å². The summed E-state index contributed by atoms with van der Waals surface area (Å²) in [5, 5.41) is 2.21. The van der Waals surface area contributed by atoms with Gasteiger partial charge in [-0.3, -0.25) is 15.0 Å². The lowest BCUT2D eigenvalue weighted by Crippen LogP contribution is -2.46. The van der Waals surface area contributed by atoms with Gasteiger partial charge in [0, 0.05) is 13.1 Å². The highest BCUT2D eigenvalue weighted by atomic mass is 32.2. The summed E-state index contributed by atoms with van der Waals surface area (Å²) in [5.41, 5.74) is 2.28. The first-order valence-electron chi connectivity index (χ1n) is 9.73. The summed E-state index contributed by atoms with van der Waals surface area (Å²) in [7, 11) is -2.24. The number of nitrogens with zero attached hydrogens (tertiary/aromatic N) is 3. The van der Waals surface area contributed by atoms with Gasteiger partial charge in [0.25, 0.3) is 5.56 Å². The van der Waals surface area contributed by atoms with Gasteiger partial charge in [-0.2, -0.15) is 4.31 Å². The number of nitrogens with one attached hydrogen (secondary N) is 1. The van der Waals surface area contributed by atoms with Gasteiger partial charge < -0.3 is 4.74 Å². The predicted octanol–water partition coefficient (Wildman–Crippen LogP) is 1.95. The van der Waals surface area contributed by atoms with E-state index in [0.717, 1.165) is 4.68 Å². The van der Waals surface area contributed by atoms with E-state index in [2.05, 4.69) is 10.4 Å². The Kier molecular flexibility index (Phi) is 5.82. The summed E-state index contributed by atoms with van der Waals surface area (Å²) < 4.78 is 33.6. The van der Waals surface area contributed by atoms with E-state index in [0.29, 0.717) is 41.2 Å². The van der Waals surface area contributed by atoms with Crippen LogP contribution < -0.4 is 15.7 Å². The number of carbonyl (C=O) groups excluding carboxylic acids is 1. The van der Waals surface area contributed by atoms with E-state index >= 15 is 0 Å². The Labute approximate surface area is 183 Å². The second-order valence-corrected chi connectivity index (χ2v) is 10.1. The van der Waals surface area contributed by atoms with Crippen LogP contribution in [0.2, 0.25) is 0 Å². The lowest BCUT2D eigenvalue weighted by Gasteiger charge is -2.31. The number of aryl methyl sites for hydroxylation is 1. The molecule has 1 aliphatic heterocycles. The Balaban J connectivity index is 1.53. The molecular weight excluding hydrogens is 440 g/mol. The van der Waals surface area contributed by atoms with E-state index in [1.807, 2.05) is 0 Å². The quantitative estimate of drug-likeness (QED) is 0.621. The van der Waals surface area contributed by atoms with Crippen LogP contribution in [0.1, 0.15) is 18.7 Å². The van der Waals surface area contributed by atoms with Crippen LogP contribution in [-0.4, -0.2) is 48.5 Å². The second kappa shape index (κ2) is 8.40. The minimum atomic E-state index is -3.75.